The van der Waals surface area contributed by atoms with Crippen molar-refractivity contribution in [3.05, 3.63) is 23.0 Å². The molecule has 0 unspecified atom stereocenters. The van der Waals surface area contributed by atoms with Gasteiger partial charge in [0.15, 0.2) is 6.29 Å². The van der Waals surface area contributed by atoms with Gasteiger partial charge in [-0.15, -0.1) is 0 Å². The predicted octanol–water partition coefficient (Wildman–Crippen LogP) is -1.44. The Morgan fingerprint density at radius 2 is 1.96 bits per heavy atom. The van der Waals surface area contributed by atoms with Crippen molar-refractivity contribution in [1.82, 2.24) is 4.98 Å². The fraction of sp³-hybridized carbons (Fsp3) is 0.667. The van der Waals surface area contributed by atoms with Crippen molar-refractivity contribution in [3.8, 4) is 5.75 Å². The van der Waals surface area contributed by atoms with Crippen molar-refractivity contribution >= 4 is 0 Å². The highest BCUT2D eigenvalue weighted by Crippen LogP contribution is 2.27. The number of rotatable bonds is 6. The van der Waals surface area contributed by atoms with Gasteiger partial charge in [0.1, 0.15) is 30.2 Å². The van der Waals surface area contributed by atoms with Gasteiger partial charge >= 0.3 is 0 Å². The maximum Gasteiger partial charge on any atom is 0.187 e. The zero-order chi connectivity index (χ0) is 17.9. The average Bonchev–Trinajstić information content (AvgIpc) is 2.58. The van der Waals surface area contributed by atoms with Crippen LogP contribution in [0.15, 0.2) is 6.20 Å². The number of hydrogen-bond donors (Lipinski definition) is 5. The number of nitrogens with zero attached hydrogens (tertiary/aromatic N) is 1. The van der Waals surface area contributed by atoms with E-state index >= 15 is 0 Å². The van der Waals surface area contributed by atoms with Gasteiger partial charge in [0.25, 0.3) is 0 Å². The first-order valence-corrected chi connectivity index (χ1v) is 7.48. The van der Waals surface area contributed by atoms with E-state index in [1.807, 2.05) is 0 Å². The van der Waals surface area contributed by atoms with Gasteiger partial charge in [-0.3, -0.25) is 4.98 Å². The van der Waals surface area contributed by atoms with E-state index in [2.05, 4.69) is 4.98 Å². The molecule has 0 aliphatic carbocycles. The fourth-order valence-corrected chi connectivity index (χ4v) is 2.64. The molecule has 1 aromatic rings. The summed E-state index contributed by atoms with van der Waals surface area (Å²) in [6.45, 7) is 0.647. The summed E-state index contributed by atoms with van der Waals surface area (Å²) in [6.07, 6.45) is -4.20. The van der Waals surface area contributed by atoms with E-state index in [0.717, 1.165) is 0 Å². The molecular weight excluding hydrogens is 322 g/mol. The smallest absolute Gasteiger partial charge is 0.187 e. The second-order valence-electron chi connectivity index (χ2n) is 5.57. The van der Waals surface area contributed by atoms with E-state index in [1.54, 1.807) is 6.92 Å². The van der Waals surface area contributed by atoms with Gasteiger partial charge in [-0.05, 0) is 6.92 Å². The van der Waals surface area contributed by atoms with Crippen LogP contribution in [-0.4, -0.2) is 74.9 Å². The van der Waals surface area contributed by atoms with Crippen LogP contribution < -0.4 is 0 Å². The van der Waals surface area contributed by atoms with E-state index in [4.69, 9.17) is 14.2 Å². The fourth-order valence-electron chi connectivity index (χ4n) is 2.64. The molecule has 24 heavy (non-hydrogen) atoms. The second kappa shape index (κ2) is 8.17. The third kappa shape index (κ3) is 3.67. The average molecular weight is 345 g/mol. The van der Waals surface area contributed by atoms with Crippen molar-refractivity contribution in [2.75, 3.05) is 13.7 Å². The van der Waals surface area contributed by atoms with Crippen LogP contribution >= 0.6 is 0 Å². The van der Waals surface area contributed by atoms with Crippen LogP contribution in [0.1, 0.15) is 16.8 Å². The van der Waals surface area contributed by atoms with E-state index in [9.17, 15) is 25.5 Å². The highest BCUT2D eigenvalue weighted by Gasteiger charge is 2.45. The topological polar surface area (TPSA) is 142 Å². The number of ether oxygens (including phenoxy) is 3. The lowest BCUT2D eigenvalue weighted by molar-refractivity contribution is -0.307. The van der Waals surface area contributed by atoms with E-state index < -0.39 is 43.9 Å². The monoisotopic (exact) mass is 345 g/mol. The molecule has 136 valence electrons. The van der Waals surface area contributed by atoms with Gasteiger partial charge in [0, 0.05) is 24.4 Å². The summed E-state index contributed by atoms with van der Waals surface area (Å²) in [5.41, 5.74) is 1.05. The first-order chi connectivity index (χ1) is 11.4. The van der Waals surface area contributed by atoms with Crippen molar-refractivity contribution in [1.29, 1.82) is 0 Å². The summed E-state index contributed by atoms with van der Waals surface area (Å²) >= 11 is 0. The molecule has 0 bridgehead atoms. The number of aryl methyl sites for hydroxylation is 1. The molecule has 0 spiro atoms. The molecule has 0 aromatic carbocycles. The molecule has 5 atom stereocenters. The van der Waals surface area contributed by atoms with Crippen LogP contribution in [0.5, 0.6) is 5.75 Å². The summed E-state index contributed by atoms with van der Waals surface area (Å²) in [4.78, 5) is 3.99. The van der Waals surface area contributed by atoms with Crippen molar-refractivity contribution < 1.29 is 39.7 Å². The predicted molar refractivity (Wildman–Crippen MR) is 79.9 cm³/mol. The summed E-state index contributed by atoms with van der Waals surface area (Å²) in [5, 5.41) is 48.7. The van der Waals surface area contributed by atoms with Gasteiger partial charge in [-0.25, -0.2) is 0 Å². The van der Waals surface area contributed by atoms with E-state index in [-0.39, 0.29) is 17.9 Å². The number of aromatic nitrogens is 1. The highest BCUT2D eigenvalue weighted by atomic mass is 16.7. The Labute approximate surface area is 139 Å². The molecule has 2 heterocycles. The van der Waals surface area contributed by atoms with Crippen LogP contribution in [0.25, 0.3) is 0 Å². The van der Waals surface area contributed by atoms with Crippen molar-refractivity contribution in [3.63, 3.8) is 0 Å². The molecule has 1 aliphatic rings. The Morgan fingerprint density at radius 1 is 1.25 bits per heavy atom. The Balaban J connectivity index is 2.10. The molecule has 9 nitrogen and oxygen atoms in total. The molecule has 0 amide bonds. The lowest BCUT2D eigenvalue weighted by atomic mass is 9.99. The number of methoxy groups -OCH3 is 1. The van der Waals surface area contributed by atoms with Crippen LogP contribution in [0.4, 0.5) is 0 Å². The standard InChI is InChI=1S/C15H23NO8/c1-7-11(19)9(4-17)8(3-16-7)6-23-15-13(21)12(20)14(22-2)10(5-18)24-15/h3,10,12-15,17-21H,4-6H2,1-2H3/t10-,12-,13-,14-,15-/m1/s1. The second-order valence-corrected chi connectivity index (χ2v) is 5.57. The van der Waals surface area contributed by atoms with Gasteiger partial charge in [0.2, 0.25) is 0 Å². The van der Waals surface area contributed by atoms with Crippen LogP contribution in [-0.2, 0) is 27.4 Å². The molecule has 1 fully saturated rings. The maximum atomic E-state index is 10.1. The Morgan fingerprint density at radius 3 is 2.54 bits per heavy atom. The molecule has 1 saturated heterocycles. The van der Waals surface area contributed by atoms with E-state index in [1.165, 1.54) is 13.3 Å². The summed E-state index contributed by atoms with van der Waals surface area (Å²) < 4.78 is 15.9. The van der Waals surface area contributed by atoms with Crippen LogP contribution in [0.3, 0.4) is 0 Å². The summed E-state index contributed by atoms with van der Waals surface area (Å²) in [7, 11) is 1.34. The van der Waals surface area contributed by atoms with Gasteiger partial charge in [-0.1, -0.05) is 0 Å². The molecule has 1 aliphatic heterocycles. The van der Waals surface area contributed by atoms with Gasteiger partial charge in [-0.2, -0.15) is 0 Å². The molecule has 0 saturated carbocycles. The number of aliphatic hydroxyl groups is 4. The Bertz CT molecular complexity index is 553. The number of pyridine rings is 1. The quantitative estimate of drug-likeness (QED) is 0.419. The summed E-state index contributed by atoms with van der Waals surface area (Å²) in [5.74, 6) is -0.128. The number of aromatic hydroxyl groups is 1. The minimum Gasteiger partial charge on any atom is -0.506 e. The van der Waals surface area contributed by atoms with Crippen LogP contribution in [0.2, 0.25) is 0 Å². The van der Waals surface area contributed by atoms with Gasteiger partial charge in [0.05, 0.1) is 25.5 Å². The molecule has 9 heteroatoms. The molecule has 5 N–H and O–H groups in total. The normalized spacial score (nSPS) is 30.5. The lowest BCUT2D eigenvalue weighted by Gasteiger charge is -2.41. The number of hydrogen-bond acceptors (Lipinski definition) is 9. The lowest BCUT2D eigenvalue weighted by Crippen LogP contribution is -2.59. The zero-order valence-electron chi connectivity index (χ0n) is 13.5. The maximum absolute atomic E-state index is 10.1. The zero-order valence-corrected chi connectivity index (χ0v) is 13.5. The Hall–Kier alpha value is -1.33. The first kappa shape index (κ1) is 19.0. The number of aliphatic hydroxyl groups excluding tert-OH is 4. The summed E-state index contributed by atoms with van der Waals surface area (Å²) in [6, 6.07) is 0. The van der Waals surface area contributed by atoms with Gasteiger partial charge < -0.3 is 39.7 Å². The SMILES string of the molecule is CO[C@H]1[C@H](O)[C@@H](O)[C@H](OCc2cnc(C)c(O)c2CO)O[C@@H]1CO. The molecule has 2 rings (SSSR count). The van der Waals surface area contributed by atoms with Crippen molar-refractivity contribution in [2.45, 2.75) is 50.8 Å². The first-order valence-electron chi connectivity index (χ1n) is 7.48. The van der Waals surface area contributed by atoms with Crippen LogP contribution in [0, 0.1) is 6.92 Å². The largest absolute Gasteiger partial charge is 0.506 e. The minimum absolute atomic E-state index is 0.124. The highest BCUT2D eigenvalue weighted by molar-refractivity contribution is 5.39. The third-order valence-corrected chi connectivity index (χ3v) is 4.08. The molecule has 1 aromatic heterocycles. The van der Waals surface area contributed by atoms with E-state index in [0.29, 0.717) is 11.3 Å². The minimum atomic E-state index is -1.39. The van der Waals surface area contributed by atoms with Crippen molar-refractivity contribution in [2.24, 2.45) is 0 Å². The third-order valence-electron chi connectivity index (χ3n) is 4.08. The molecular formula is C15H23NO8. The Kier molecular flexibility index (Phi) is 6.47. The molecule has 0 radical (unpaired) electrons.